The van der Waals surface area contributed by atoms with E-state index in [1.807, 2.05) is 0 Å². The smallest absolute Gasteiger partial charge is 0.272 e. The highest BCUT2D eigenvalue weighted by Gasteiger charge is 2.27. The second kappa shape index (κ2) is 4.33. The number of aliphatic hydroxyl groups is 1. The van der Waals surface area contributed by atoms with Crippen molar-refractivity contribution >= 4 is 0 Å². The molecule has 1 heterocycles. The zero-order valence-electron chi connectivity index (χ0n) is 10.9. The van der Waals surface area contributed by atoms with Gasteiger partial charge in [-0.1, -0.05) is 33.6 Å². The number of rotatable bonds is 2. The lowest BCUT2D eigenvalue weighted by atomic mass is 9.90. The Bertz CT molecular complexity index is 445. The fourth-order valence-electron chi connectivity index (χ4n) is 2.68. The van der Waals surface area contributed by atoms with Crippen molar-refractivity contribution in [3.63, 3.8) is 0 Å². The molecule has 1 fully saturated rings. The van der Waals surface area contributed by atoms with Gasteiger partial charge in [-0.25, -0.2) is 4.68 Å². The topological polar surface area (TPSA) is 58.0 Å². The zero-order valence-corrected chi connectivity index (χ0v) is 10.9. The highest BCUT2D eigenvalue weighted by molar-refractivity contribution is 5.23. The first-order chi connectivity index (χ1) is 7.95. The van der Waals surface area contributed by atoms with Crippen molar-refractivity contribution in [3.8, 4) is 0 Å². The molecule has 0 bridgehead atoms. The minimum Gasteiger partial charge on any atom is -0.391 e. The van der Waals surface area contributed by atoms with Crippen LogP contribution in [0.3, 0.4) is 0 Å². The summed E-state index contributed by atoms with van der Waals surface area (Å²) in [5, 5.41) is 12.6. The Balaban J connectivity index is 2.48. The van der Waals surface area contributed by atoms with E-state index in [1.54, 1.807) is 4.68 Å². The lowest BCUT2D eigenvalue weighted by Crippen LogP contribution is -2.22. The van der Waals surface area contributed by atoms with Crippen LogP contribution in [0.25, 0.3) is 0 Å². The SMILES string of the molecule is CC(C)(C)c1[nH]n(C2CCCC2)c(=O)c1CO. The number of nitrogens with zero attached hydrogens (tertiary/aromatic N) is 1. The Morgan fingerprint density at radius 2 is 1.94 bits per heavy atom. The van der Waals surface area contributed by atoms with Gasteiger partial charge in [-0.3, -0.25) is 9.89 Å². The van der Waals surface area contributed by atoms with Crippen LogP contribution in [-0.2, 0) is 12.0 Å². The normalized spacial score (nSPS) is 17.9. The van der Waals surface area contributed by atoms with Crippen LogP contribution < -0.4 is 5.56 Å². The van der Waals surface area contributed by atoms with Crippen LogP contribution in [0.4, 0.5) is 0 Å². The van der Waals surface area contributed by atoms with E-state index < -0.39 is 0 Å². The number of nitrogens with one attached hydrogen (secondary N) is 1. The van der Waals surface area contributed by atoms with Crippen LogP contribution in [0.2, 0.25) is 0 Å². The van der Waals surface area contributed by atoms with Gasteiger partial charge in [-0.05, 0) is 12.8 Å². The molecule has 17 heavy (non-hydrogen) atoms. The molecule has 0 unspecified atom stereocenters. The van der Waals surface area contributed by atoms with Gasteiger partial charge in [0.25, 0.3) is 5.56 Å². The first-order valence-electron chi connectivity index (χ1n) is 6.40. The van der Waals surface area contributed by atoms with Crippen LogP contribution in [0.15, 0.2) is 4.79 Å². The quantitative estimate of drug-likeness (QED) is 0.828. The molecule has 2 rings (SSSR count). The molecule has 0 aliphatic heterocycles. The van der Waals surface area contributed by atoms with E-state index in [4.69, 9.17) is 0 Å². The average molecular weight is 238 g/mol. The van der Waals surface area contributed by atoms with Gasteiger partial charge in [0.2, 0.25) is 0 Å². The van der Waals surface area contributed by atoms with Gasteiger partial charge in [0.1, 0.15) is 0 Å². The molecule has 0 saturated heterocycles. The van der Waals surface area contributed by atoms with Crippen molar-refractivity contribution in [2.75, 3.05) is 0 Å². The van der Waals surface area contributed by atoms with Crippen molar-refractivity contribution < 1.29 is 5.11 Å². The molecule has 0 atom stereocenters. The first kappa shape index (κ1) is 12.4. The Morgan fingerprint density at radius 1 is 1.35 bits per heavy atom. The van der Waals surface area contributed by atoms with E-state index in [-0.39, 0.29) is 17.6 Å². The maximum Gasteiger partial charge on any atom is 0.272 e. The minimum atomic E-state index is -0.179. The maximum absolute atomic E-state index is 12.2. The molecule has 1 aromatic heterocycles. The number of hydrogen-bond acceptors (Lipinski definition) is 2. The van der Waals surface area contributed by atoms with Crippen LogP contribution in [-0.4, -0.2) is 14.9 Å². The molecule has 1 aliphatic rings. The molecule has 1 saturated carbocycles. The second-order valence-electron chi connectivity index (χ2n) is 5.99. The lowest BCUT2D eigenvalue weighted by molar-refractivity contribution is 0.277. The van der Waals surface area contributed by atoms with Gasteiger partial charge >= 0.3 is 0 Å². The predicted octanol–water partition coefficient (Wildman–Crippen LogP) is 2.08. The van der Waals surface area contributed by atoms with E-state index >= 15 is 0 Å². The molecular formula is C13H22N2O2. The average Bonchev–Trinajstić information content (AvgIpc) is 2.82. The molecule has 0 spiro atoms. The van der Waals surface area contributed by atoms with Crippen LogP contribution in [0, 0.1) is 0 Å². The molecule has 1 aromatic rings. The van der Waals surface area contributed by atoms with E-state index in [0.29, 0.717) is 11.6 Å². The van der Waals surface area contributed by atoms with Crippen LogP contribution in [0.5, 0.6) is 0 Å². The fourth-order valence-corrected chi connectivity index (χ4v) is 2.68. The van der Waals surface area contributed by atoms with Crippen molar-refractivity contribution in [2.45, 2.75) is 64.5 Å². The summed E-state index contributed by atoms with van der Waals surface area (Å²) in [5.74, 6) is 0. The lowest BCUT2D eigenvalue weighted by Gasteiger charge is -2.18. The number of H-pyrrole nitrogens is 1. The Morgan fingerprint density at radius 3 is 2.35 bits per heavy atom. The summed E-state index contributed by atoms with van der Waals surface area (Å²) in [5.41, 5.74) is 1.23. The van der Waals surface area contributed by atoms with Gasteiger partial charge in [-0.2, -0.15) is 0 Å². The third-order valence-electron chi connectivity index (χ3n) is 3.61. The summed E-state index contributed by atoms with van der Waals surface area (Å²) >= 11 is 0. The Hall–Kier alpha value is -1.03. The summed E-state index contributed by atoms with van der Waals surface area (Å²) in [6.07, 6.45) is 4.51. The van der Waals surface area contributed by atoms with Gasteiger partial charge in [-0.15, -0.1) is 0 Å². The fraction of sp³-hybridized carbons (Fsp3) is 0.769. The summed E-state index contributed by atoms with van der Waals surface area (Å²) in [7, 11) is 0. The summed E-state index contributed by atoms with van der Waals surface area (Å²) < 4.78 is 1.74. The number of hydrogen-bond donors (Lipinski definition) is 2. The van der Waals surface area contributed by atoms with Crippen LogP contribution in [0.1, 0.15) is 63.8 Å². The molecule has 0 radical (unpaired) electrons. The standard InChI is InChI=1S/C13H22N2O2/c1-13(2,3)11-10(8-16)12(17)15(14-11)9-6-4-5-7-9/h9,14,16H,4-8H2,1-3H3. The monoisotopic (exact) mass is 238 g/mol. The molecule has 0 aromatic carbocycles. The van der Waals surface area contributed by atoms with Crippen LogP contribution >= 0.6 is 0 Å². The molecule has 0 amide bonds. The maximum atomic E-state index is 12.2. The number of aromatic amines is 1. The Labute approximate surface area is 102 Å². The van der Waals surface area contributed by atoms with Crippen molar-refractivity contribution in [2.24, 2.45) is 0 Å². The molecule has 4 nitrogen and oxygen atoms in total. The summed E-state index contributed by atoms with van der Waals surface area (Å²) in [4.78, 5) is 12.2. The minimum absolute atomic E-state index is 0.0377. The van der Waals surface area contributed by atoms with E-state index in [9.17, 15) is 9.90 Å². The van der Waals surface area contributed by atoms with Gasteiger partial charge in [0.15, 0.2) is 0 Å². The third kappa shape index (κ3) is 2.18. The molecule has 4 heteroatoms. The molecule has 1 aliphatic carbocycles. The number of aromatic nitrogens is 2. The van der Waals surface area contributed by atoms with E-state index in [1.165, 1.54) is 12.8 Å². The number of aliphatic hydroxyl groups excluding tert-OH is 1. The first-order valence-corrected chi connectivity index (χ1v) is 6.40. The van der Waals surface area contributed by atoms with E-state index in [0.717, 1.165) is 18.5 Å². The van der Waals surface area contributed by atoms with Crippen molar-refractivity contribution in [3.05, 3.63) is 21.6 Å². The molecule has 2 N–H and O–H groups in total. The summed E-state index contributed by atoms with van der Waals surface area (Å²) in [6, 6.07) is 0.295. The second-order valence-corrected chi connectivity index (χ2v) is 5.99. The molecular weight excluding hydrogens is 216 g/mol. The Kier molecular flexibility index (Phi) is 3.17. The van der Waals surface area contributed by atoms with Gasteiger partial charge in [0, 0.05) is 11.1 Å². The molecule has 96 valence electrons. The zero-order chi connectivity index (χ0) is 12.6. The third-order valence-corrected chi connectivity index (χ3v) is 3.61. The predicted molar refractivity (Wildman–Crippen MR) is 67.2 cm³/mol. The largest absolute Gasteiger partial charge is 0.391 e. The van der Waals surface area contributed by atoms with Gasteiger partial charge in [0.05, 0.1) is 18.2 Å². The summed E-state index contributed by atoms with van der Waals surface area (Å²) in [6.45, 7) is 5.98. The van der Waals surface area contributed by atoms with E-state index in [2.05, 4.69) is 25.9 Å². The van der Waals surface area contributed by atoms with Gasteiger partial charge < -0.3 is 5.11 Å². The highest BCUT2D eigenvalue weighted by Crippen LogP contribution is 2.30. The van der Waals surface area contributed by atoms with Crippen molar-refractivity contribution in [1.29, 1.82) is 0 Å². The highest BCUT2D eigenvalue weighted by atomic mass is 16.3. The van der Waals surface area contributed by atoms with Crippen molar-refractivity contribution in [1.82, 2.24) is 9.78 Å².